The molecular formula is C22H21FN2O2S. The van der Waals surface area contributed by atoms with E-state index in [0.29, 0.717) is 10.6 Å². The van der Waals surface area contributed by atoms with E-state index in [0.717, 1.165) is 46.8 Å². The first-order valence-electron chi connectivity index (χ1n) is 9.28. The molecule has 6 heteroatoms. The van der Waals surface area contributed by atoms with Crippen molar-refractivity contribution in [1.29, 1.82) is 0 Å². The molecule has 1 aliphatic heterocycles. The van der Waals surface area contributed by atoms with Gasteiger partial charge in [-0.3, -0.25) is 4.79 Å². The molecule has 0 saturated heterocycles. The number of aliphatic hydroxyl groups excluding tert-OH is 1. The highest BCUT2D eigenvalue weighted by atomic mass is 32.1. The second-order valence-corrected chi connectivity index (χ2v) is 8.03. The minimum absolute atomic E-state index is 0.00997. The van der Waals surface area contributed by atoms with Gasteiger partial charge in [0.1, 0.15) is 5.82 Å². The average Bonchev–Trinajstić information content (AvgIpc) is 3.14. The van der Waals surface area contributed by atoms with Crippen molar-refractivity contribution in [2.75, 3.05) is 6.54 Å². The lowest BCUT2D eigenvalue weighted by Gasteiger charge is -2.13. The number of halogens is 1. The van der Waals surface area contributed by atoms with Crippen molar-refractivity contribution in [3.63, 3.8) is 0 Å². The Labute approximate surface area is 167 Å². The maximum absolute atomic E-state index is 14.7. The van der Waals surface area contributed by atoms with Crippen molar-refractivity contribution in [1.82, 2.24) is 10.3 Å². The van der Waals surface area contributed by atoms with Crippen molar-refractivity contribution in [2.24, 2.45) is 0 Å². The zero-order valence-corrected chi connectivity index (χ0v) is 16.4. The van der Waals surface area contributed by atoms with Crippen LogP contribution in [0.25, 0.3) is 11.1 Å². The predicted octanol–water partition coefficient (Wildman–Crippen LogP) is 3.82. The smallest absolute Gasteiger partial charge is 0.195 e. The summed E-state index contributed by atoms with van der Waals surface area (Å²) in [4.78, 5) is 18.5. The standard InChI is InChI=1S/C22H21FN2O2S/c1-13-14(10-19(27)22-25-18-8-9-24-11-20(18)28-22)4-2-6-16(13)17-7-3-5-15(12-26)21(17)23/h2-7,24,26H,8-12H2,1H3. The zero-order valence-electron chi connectivity index (χ0n) is 15.6. The van der Waals surface area contributed by atoms with E-state index in [4.69, 9.17) is 0 Å². The Morgan fingerprint density at radius 3 is 2.71 bits per heavy atom. The molecular weight excluding hydrogens is 375 g/mol. The SMILES string of the molecule is Cc1c(CC(=O)c2nc3c(s2)CNCC3)cccc1-c1cccc(CO)c1F. The molecule has 3 aromatic rings. The van der Waals surface area contributed by atoms with Gasteiger partial charge in [0.15, 0.2) is 10.8 Å². The third-order valence-electron chi connectivity index (χ3n) is 5.18. The summed E-state index contributed by atoms with van der Waals surface area (Å²) in [6.07, 6.45) is 1.09. The summed E-state index contributed by atoms with van der Waals surface area (Å²) in [5.41, 5.74) is 4.20. The van der Waals surface area contributed by atoms with Gasteiger partial charge in [-0.1, -0.05) is 36.4 Å². The Balaban J connectivity index is 1.64. The van der Waals surface area contributed by atoms with Crippen LogP contribution in [0.1, 0.15) is 37.1 Å². The second-order valence-electron chi connectivity index (χ2n) is 6.94. The number of benzene rings is 2. The Bertz CT molecular complexity index is 1020. The summed E-state index contributed by atoms with van der Waals surface area (Å²) in [6.45, 7) is 3.22. The Morgan fingerprint density at radius 2 is 1.96 bits per heavy atom. The summed E-state index contributed by atoms with van der Waals surface area (Å²) >= 11 is 1.47. The van der Waals surface area contributed by atoms with Crippen LogP contribution in [-0.4, -0.2) is 22.4 Å². The van der Waals surface area contributed by atoms with Crippen LogP contribution in [0, 0.1) is 12.7 Å². The number of hydrogen-bond donors (Lipinski definition) is 2. The van der Waals surface area contributed by atoms with E-state index in [2.05, 4.69) is 10.3 Å². The number of ketones is 1. The van der Waals surface area contributed by atoms with Crippen LogP contribution in [0.15, 0.2) is 36.4 Å². The van der Waals surface area contributed by atoms with Gasteiger partial charge in [0.05, 0.1) is 12.3 Å². The number of nitrogens with zero attached hydrogens (tertiary/aromatic N) is 1. The third kappa shape index (κ3) is 3.51. The zero-order chi connectivity index (χ0) is 19.7. The molecule has 0 radical (unpaired) electrons. The summed E-state index contributed by atoms with van der Waals surface area (Å²) in [7, 11) is 0. The number of Topliss-reactive ketones (excluding diaryl/α,β-unsaturated/α-hetero) is 1. The maximum atomic E-state index is 14.7. The van der Waals surface area contributed by atoms with Crippen molar-refractivity contribution in [2.45, 2.75) is 32.9 Å². The largest absolute Gasteiger partial charge is 0.392 e. The fraction of sp³-hybridized carbons (Fsp3) is 0.273. The van der Waals surface area contributed by atoms with E-state index in [9.17, 15) is 14.3 Å². The molecule has 0 spiro atoms. The molecule has 1 aromatic heterocycles. The lowest BCUT2D eigenvalue weighted by molar-refractivity contribution is 0.0992. The number of carbonyl (C=O) groups excluding carboxylic acids is 1. The lowest BCUT2D eigenvalue weighted by atomic mass is 9.93. The van der Waals surface area contributed by atoms with Crippen LogP contribution in [0.3, 0.4) is 0 Å². The van der Waals surface area contributed by atoms with Crippen LogP contribution in [-0.2, 0) is 26.0 Å². The van der Waals surface area contributed by atoms with Gasteiger partial charge in [0.25, 0.3) is 0 Å². The fourth-order valence-electron chi connectivity index (χ4n) is 3.57. The average molecular weight is 396 g/mol. The first-order chi connectivity index (χ1) is 13.6. The Morgan fingerprint density at radius 1 is 1.21 bits per heavy atom. The number of aliphatic hydroxyl groups is 1. The molecule has 1 aliphatic rings. The summed E-state index contributed by atoms with van der Waals surface area (Å²) in [5, 5.41) is 13.2. The molecule has 4 rings (SSSR count). The van der Waals surface area contributed by atoms with Gasteiger partial charge in [0, 0.05) is 41.9 Å². The van der Waals surface area contributed by atoms with Crippen molar-refractivity contribution >= 4 is 17.1 Å². The number of nitrogens with one attached hydrogen (secondary N) is 1. The van der Waals surface area contributed by atoms with E-state index in [1.807, 2.05) is 25.1 Å². The van der Waals surface area contributed by atoms with Crippen molar-refractivity contribution < 1.29 is 14.3 Å². The first-order valence-corrected chi connectivity index (χ1v) is 10.1. The van der Waals surface area contributed by atoms with Gasteiger partial charge in [-0.2, -0.15) is 0 Å². The molecule has 0 bridgehead atoms. The highest BCUT2D eigenvalue weighted by Crippen LogP contribution is 2.30. The molecule has 0 amide bonds. The topological polar surface area (TPSA) is 62.2 Å². The van der Waals surface area contributed by atoms with E-state index < -0.39 is 5.82 Å². The van der Waals surface area contributed by atoms with Gasteiger partial charge >= 0.3 is 0 Å². The minimum Gasteiger partial charge on any atom is -0.392 e. The predicted molar refractivity (Wildman–Crippen MR) is 108 cm³/mol. The van der Waals surface area contributed by atoms with Gasteiger partial charge in [-0.05, 0) is 23.6 Å². The third-order valence-corrected chi connectivity index (χ3v) is 6.32. The first kappa shape index (κ1) is 18.9. The summed E-state index contributed by atoms with van der Waals surface area (Å²) in [6, 6.07) is 10.6. The minimum atomic E-state index is -0.420. The van der Waals surface area contributed by atoms with Gasteiger partial charge in [-0.25, -0.2) is 9.37 Å². The molecule has 144 valence electrons. The number of thiazole rings is 1. The Kier molecular flexibility index (Phi) is 5.35. The number of aromatic nitrogens is 1. The quantitative estimate of drug-likeness (QED) is 0.644. The molecule has 0 fully saturated rings. The van der Waals surface area contributed by atoms with E-state index >= 15 is 0 Å². The molecule has 2 aromatic carbocycles. The second kappa shape index (κ2) is 7.91. The number of fused-ring (bicyclic) bond motifs is 1. The normalized spacial score (nSPS) is 13.4. The monoisotopic (exact) mass is 396 g/mol. The van der Waals surface area contributed by atoms with E-state index in [1.165, 1.54) is 11.3 Å². The highest BCUT2D eigenvalue weighted by molar-refractivity contribution is 7.13. The number of carbonyl (C=O) groups is 1. The maximum Gasteiger partial charge on any atom is 0.195 e. The molecule has 4 nitrogen and oxygen atoms in total. The van der Waals surface area contributed by atoms with Crippen LogP contribution >= 0.6 is 11.3 Å². The van der Waals surface area contributed by atoms with Crippen LogP contribution < -0.4 is 5.32 Å². The van der Waals surface area contributed by atoms with Crippen molar-refractivity contribution in [3.05, 3.63) is 74.5 Å². The van der Waals surface area contributed by atoms with Gasteiger partial charge < -0.3 is 10.4 Å². The summed E-state index contributed by atoms with van der Waals surface area (Å²) in [5.74, 6) is -0.430. The molecule has 0 saturated carbocycles. The lowest BCUT2D eigenvalue weighted by Crippen LogP contribution is -2.22. The van der Waals surface area contributed by atoms with Crippen molar-refractivity contribution in [3.8, 4) is 11.1 Å². The fourth-order valence-corrected chi connectivity index (χ4v) is 4.59. The number of hydrogen-bond acceptors (Lipinski definition) is 5. The Hall–Kier alpha value is -2.41. The molecule has 28 heavy (non-hydrogen) atoms. The molecule has 2 N–H and O–H groups in total. The van der Waals surface area contributed by atoms with E-state index in [1.54, 1.807) is 18.2 Å². The van der Waals surface area contributed by atoms with E-state index in [-0.39, 0.29) is 24.4 Å². The van der Waals surface area contributed by atoms with Gasteiger partial charge in [-0.15, -0.1) is 11.3 Å². The molecule has 0 aliphatic carbocycles. The highest BCUT2D eigenvalue weighted by Gasteiger charge is 2.20. The summed E-state index contributed by atoms with van der Waals surface area (Å²) < 4.78 is 14.7. The molecule has 2 heterocycles. The van der Waals surface area contributed by atoms with Crippen LogP contribution in [0.5, 0.6) is 0 Å². The van der Waals surface area contributed by atoms with Gasteiger partial charge in [0.2, 0.25) is 0 Å². The number of rotatable bonds is 5. The molecule has 0 atom stereocenters. The van der Waals surface area contributed by atoms with Crippen LogP contribution in [0.4, 0.5) is 4.39 Å². The van der Waals surface area contributed by atoms with Crippen LogP contribution in [0.2, 0.25) is 0 Å². The molecule has 0 unspecified atom stereocenters.